The normalized spacial score (nSPS) is 12.2. The smallest absolute Gasteiger partial charge is 0.326 e. The molecule has 1 N–H and O–H groups in total. The molecule has 1 unspecified atom stereocenters. The van der Waals surface area contributed by atoms with Gasteiger partial charge in [-0.15, -0.1) is 5.10 Å². The van der Waals surface area contributed by atoms with Crippen LogP contribution in [0.2, 0.25) is 0 Å². The number of hydrogen-bond acceptors (Lipinski definition) is 4. The monoisotopic (exact) mass is 334 g/mol. The second kappa shape index (κ2) is 6.77. The van der Waals surface area contributed by atoms with Crippen molar-refractivity contribution in [1.29, 1.82) is 0 Å². The fraction of sp³-hybridized carbons (Fsp3) is 0.375. The van der Waals surface area contributed by atoms with Crippen molar-refractivity contribution in [2.45, 2.75) is 32.7 Å². The van der Waals surface area contributed by atoms with Crippen LogP contribution in [0.1, 0.15) is 43.1 Å². The Morgan fingerprint density at radius 1 is 1.29 bits per heavy atom. The molecule has 1 aromatic carbocycles. The van der Waals surface area contributed by atoms with Crippen LogP contribution >= 0.6 is 0 Å². The van der Waals surface area contributed by atoms with Gasteiger partial charge in [-0.1, -0.05) is 19.9 Å². The quantitative estimate of drug-likeness (QED) is 0.904. The number of carboxylic acid groups (broad SMARTS) is 1. The van der Waals surface area contributed by atoms with Crippen LogP contribution < -0.4 is 0 Å². The molecule has 0 fully saturated rings. The summed E-state index contributed by atoms with van der Waals surface area (Å²) >= 11 is 0. The minimum absolute atomic E-state index is 0.0653. The molecule has 0 aliphatic carbocycles. The predicted octanol–water partition coefficient (Wildman–Crippen LogP) is 2.07. The minimum atomic E-state index is -1.13. The molecule has 0 aliphatic rings. The van der Waals surface area contributed by atoms with Crippen LogP contribution in [-0.4, -0.2) is 49.7 Å². The maximum atomic E-state index is 13.5. The number of amides is 1. The van der Waals surface area contributed by atoms with Crippen LogP contribution in [0.5, 0.6) is 0 Å². The minimum Gasteiger partial charge on any atom is -0.480 e. The van der Waals surface area contributed by atoms with Gasteiger partial charge in [0, 0.05) is 13.0 Å². The molecule has 1 heterocycles. The highest BCUT2D eigenvalue weighted by Gasteiger charge is 2.27. The molecule has 1 amide bonds. The second-order valence-corrected chi connectivity index (χ2v) is 5.77. The number of rotatable bonds is 5. The first-order valence-electron chi connectivity index (χ1n) is 7.45. The molecule has 0 radical (unpaired) electrons. The number of nitrogens with zero attached hydrogens (tertiary/aromatic N) is 4. The van der Waals surface area contributed by atoms with E-state index in [0.29, 0.717) is 11.5 Å². The van der Waals surface area contributed by atoms with E-state index >= 15 is 0 Å². The summed E-state index contributed by atoms with van der Waals surface area (Å²) in [5.41, 5.74) is 0.444. The number of carboxylic acids is 1. The average molecular weight is 334 g/mol. The number of likely N-dealkylation sites (N-methyl/N-ethyl adjacent to an activating group) is 1. The molecule has 7 nitrogen and oxygen atoms in total. The van der Waals surface area contributed by atoms with E-state index in [9.17, 15) is 14.0 Å². The maximum absolute atomic E-state index is 13.5. The Morgan fingerprint density at radius 2 is 1.96 bits per heavy atom. The number of aromatic nitrogens is 3. The standard InChI is InChI=1S/C16H19FN4O3/c1-9(2)14-18-13(15(22)20(4)10(3)16(23)24)19-21(14)12-7-5-6-11(17)8-12/h5-10H,1-4H3,(H,23,24). The molecule has 1 aromatic heterocycles. The highest BCUT2D eigenvalue weighted by molar-refractivity contribution is 5.93. The number of halogens is 1. The number of aliphatic carboxylic acids is 1. The van der Waals surface area contributed by atoms with Gasteiger partial charge < -0.3 is 10.0 Å². The highest BCUT2D eigenvalue weighted by Crippen LogP contribution is 2.19. The lowest BCUT2D eigenvalue weighted by Crippen LogP contribution is -2.40. The molecule has 8 heteroatoms. The topological polar surface area (TPSA) is 88.3 Å². The number of hydrogen-bond donors (Lipinski definition) is 1. The van der Waals surface area contributed by atoms with E-state index in [4.69, 9.17) is 5.11 Å². The molecular weight excluding hydrogens is 315 g/mol. The van der Waals surface area contributed by atoms with Crippen molar-refractivity contribution in [2.24, 2.45) is 0 Å². The first-order valence-corrected chi connectivity index (χ1v) is 7.45. The summed E-state index contributed by atoms with van der Waals surface area (Å²) < 4.78 is 14.9. The third-order valence-corrected chi connectivity index (χ3v) is 3.65. The lowest BCUT2D eigenvalue weighted by Gasteiger charge is -2.19. The molecular formula is C16H19FN4O3. The van der Waals surface area contributed by atoms with E-state index < -0.39 is 23.7 Å². The predicted molar refractivity (Wildman–Crippen MR) is 84.6 cm³/mol. The van der Waals surface area contributed by atoms with Crippen molar-refractivity contribution in [3.63, 3.8) is 0 Å². The fourth-order valence-corrected chi connectivity index (χ4v) is 2.09. The summed E-state index contributed by atoms with van der Waals surface area (Å²) in [5.74, 6) is -1.87. The van der Waals surface area contributed by atoms with E-state index in [-0.39, 0.29) is 11.7 Å². The molecule has 1 atom stereocenters. The molecule has 0 saturated carbocycles. The van der Waals surface area contributed by atoms with Crippen LogP contribution in [0.3, 0.4) is 0 Å². The fourth-order valence-electron chi connectivity index (χ4n) is 2.09. The molecule has 0 bridgehead atoms. The molecule has 24 heavy (non-hydrogen) atoms. The summed E-state index contributed by atoms with van der Waals surface area (Å²) in [6, 6.07) is 4.78. The van der Waals surface area contributed by atoms with Crippen LogP contribution in [0, 0.1) is 5.82 Å². The first-order chi connectivity index (χ1) is 11.2. The van der Waals surface area contributed by atoms with Crippen LogP contribution in [0.15, 0.2) is 24.3 Å². The lowest BCUT2D eigenvalue weighted by atomic mass is 10.2. The molecule has 0 aliphatic heterocycles. The third kappa shape index (κ3) is 3.42. The summed E-state index contributed by atoms with van der Waals surface area (Å²) in [6.45, 7) is 5.14. The van der Waals surface area contributed by atoms with Crippen molar-refractivity contribution < 1.29 is 19.1 Å². The summed E-state index contributed by atoms with van der Waals surface area (Å²) in [4.78, 5) is 28.7. The largest absolute Gasteiger partial charge is 0.480 e. The van der Waals surface area contributed by atoms with Gasteiger partial charge in [-0.3, -0.25) is 4.79 Å². The Balaban J connectivity index is 2.45. The van der Waals surface area contributed by atoms with Gasteiger partial charge in [0.1, 0.15) is 17.7 Å². The first kappa shape index (κ1) is 17.6. The van der Waals surface area contributed by atoms with Gasteiger partial charge in [-0.2, -0.15) is 0 Å². The van der Waals surface area contributed by atoms with Gasteiger partial charge in [0.2, 0.25) is 5.82 Å². The van der Waals surface area contributed by atoms with Gasteiger partial charge in [-0.05, 0) is 25.1 Å². The van der Waals surface area contributed by atoms with E-state index in [1.54, 1.807) is 6.07 Å². The Bertz CT molecular complexity index is 772. The maximum Gasteiger partial charge on any atom is 0.326 e. The Labute approximate surface area is 138 Å². The number of carbonyl (C=O) groups excluding carboxylic acids is 1. The summed E-state index contributed by atoms with van der Waals surface area (Å²) in [7, 11) is 1.37. The van der Waals surface area contributed by atoms with Gasteiger partial charge in [-0.25, -0.2) is 18.9 Å². The van der Waals surface area contributed by atoms with Crippen LogP contribution in [0.4, 0.5) is 4.39 Å². The van der Waals surface area contributed by atoms with E-state index in [0.717, 1.165) is 4.90 Å². The summed E-state index contributed by atoms with van der Waals surface area (Å²) in [5, 5.41) is 13.2. The second-order valence-electron chi connectivity index (χ2n) is 5.77. The van der Waals surface area contributed by atoms with Crippen molar-refractivity contribution in [3.8, 4) is 5.69 Å². The molecule has 128 valence electrons. The van der Waals surface area contributed by atoms with E-state index in [1.807, 2.05) is 13.8 Å². The van der Waals surface area contributed by atoms with Crippen LogP contribution in [-0.2, 0) is 4.79 Å². The Morgan fingerprint density at radius 3 is 2.50 bits per heavy atom. The van der Waals surface area contributed by atoms with Gasteiger partial charge in [0.25, 0.3) is 5.91 Å². The average Bonchev–Trinajstić information content (AvgIpc) is 2.98. The molecule has 2 aromatic rings. The van der Waals surface area contributed by atoms with Crippen molar-refractivity contribution in [1.82, 2.24) is 19.7 Å². The molecule has 0 saturated heterocycles. The van der Waals surface area contributed by atoms with Crippen molar-refractivity contribution >= 4 is 11.9 Å². The zero-order valence-corrected chi connectivity index (χ0v) is 13.9. The Hall–Kier alpha value is -2.77. The SMILES string of the molecule is CC(C)c1nc(C(=O)N(C)C(C)C(=O)O)nn1-c1cccc(F)c1. The molecule has 2 rings (SSSR count). The zero-order valence-electron chi connectivity index (χ0n) is 13.9. The van der Waals surface area contributed by atoms with Gasteiger partial charge in [0.15, 0.2) is 0 Å². The number of carbonyl (C=O) groups is 2. The van der Waals surface area contributed by atoms with E-state index in [2.05, 4.69) is 10.1 Å². The highest BCUT2D eigenvalue weighted by atomic mass is 19.1. The zero-order chi connectivity index (χ0) is 18.0. The number of benzene rings is 1. The molecule has 0 spiro atoms. The lowest BCUT2D eigenvalue weighted by molar-refractivity contribution is -0.141. The Kier molecular flexibility index (Phi) is 4.96. The van der Waals surface area contributed by atoms with E-state index in [1.165, 1.54) is 36.9 Å². The van der Waals surface area contributed by atoms with Crippen molar-refractivity contribution in [3.05, 3.63) is 41.7 Å². The van der Waals surface area contributed by atoms with Crippen LogP contribution in [0.25, 0.3) is 5.69 Å². The summed E-state index contributed by atoms with van der Waals surface area (Å²) in [6.07, 6.45) is 0. The van der Waals surface area contributed by atoms with Crippen molar-refractivity contribution in [2.75, 3.05) is 7.05 Å². The van der Waals surface area contributed by atoms with Gasteiger partial charge in [0.05, 0.1) is 5.69 Å². The third-order valence-electron chi connectivity index (χ3n) is 3.65. The van der Waals surface area contributed by atoms with Gasteiger partial charge >= 0.3 is 5.97 Å².